The molecular formula is C12H23ClN2O3. The van der Waals surface area contributed by atoms with Gasteiger partial charge in [-0.05, 0) is 32.7 Å². The lowest BCUT2D eigenvalue weighted by molar-refractivity contribution is -0.143. The SMILES string of the molecule is CCOC(=O)CCNC(=O)CCC1CCCN1.Cl. The van der Waals surface area contributed by atoms with E-state index in [0.717, 1.165) is 19.4 Å². The smallest absolute Gasteiger partial charge is 0.307 e. The molecule has 6 heteroatoms. The fourth-order valence-corrected chi connectivity index (χ4v) is 1.93. The van der Waals surface area contributed by atoms with Gasteiger partial charge in [0.05, 0.1) is 13.0 Å². The van der Waals surface area contributed by atoms with E-state index in [-0.39, 0.29) is 30.7 Å². The number of ether oxygens (including phenoxy) is 1. The van der Waals surface area contributed by atoms with Gasteiger partial charge in [0.2, 0.25) is 5.91 Å². The molecule has 0 aromatic carbocycles. The molecule has 0 aromatic heterocycles. The van der Waals surface area contributed by atoms with Gasteiger partial charge in [-0.1, -0.05) is 0 Å². The lowest BCUT2D eigenvalue weighted by Gasteiger charge is -2.09. The van der Waals surface area contributed by atoms with Crippen LogP contribution in [-0.2, 0) is 14.3 Å². The molecule has 5 nitrogen and oxygen atoms in total. The molecule has 1 aliphatic heterocycles. The fourth-order valence-electron chi connectivity index (χ4n) is 1.93. The first-order valence-electron chi connectivity index (χ1n) is 6.38. The zero-order valence-electron chi connectivity index (χ0n) is 10.9. The average molecular weight is 279 g/mol. The van der Waals surface area contributed by atoms with Gasteiger partial charge in [0.1, 0.15) is 0 Å². The first-order valence-corrected chi connectivity index (χ1v) is 6.38. The van der Waals surface area contributed by atoms with Gasteiger partial charge in [-0.2, -0.15) is 0 Å². The molecule has 0 radical (unpaired) electrons. The third-order valence-corrected chi connectivity index (χ3v) is 2.84. The van der Waals surface area contributed by atoms with E-state index in [4.69, 9.17) is 4.74 Å². The van der Waals surface area contributed by atoms with Gasteiger partial charge >= 0.3 is 5.97 Å². The minimum atomic E-state index is -0.259. The predicted molar refractivity (Wildman–Crippen MR) is 71.8 cm³/mol. The second-order valence-electron chi connectivity index (χ2n) is 4.24. The Bertz CT molecular complexity index is 256. The average Bonchev–Trinajstić information content (AvgIpc) is 2.79. The summed E-state index contributed by atoms with van der Waals surface area (Å²) in [5, 5.41) is 6.08. The Morgan fingerprint density at radius 1 is 1.39 bits per heavy atom. The van der Waals surface area contributed by atoms with Crippen LogP contribution in [0.2, 0.25) is 0 Å². The molecule has 1 saturated heterocycles. The highest BCUT2D eigenvalue weighted by molar-refractivity contribution is 5.85. The molecule has 0 spiro atoms. The molecule has 1 rings (SSSR count). The maximum absolute atomic E-state index is 11.4. The third-order valence-electron chi connectivity index (χ3n) is 2.84. The van der Waals surface area contributed by atoms with Crippen LogP contribution in [0.1, 0.15) is 39.0 Å². The summed E-state index contributed by atoms with van der Waals surface area (Å²) >= 11 is 0. The van der Waals surface area contributed by atoms with E-state index in [9.17, 15) is 9.59 Å². The van der Waals surface area contributed by atoms with Crippen molar-refractivity contribution in [2.75, 3.05) is 19.7 Å². The van der Waals surface area contributed by atoms with Gasteiger partial charge in [-0.3, -0.25) is 9.59 Å². The molecular weight excluding hydrogens is 256 g/mol. The van der Waals surface area contributed by atoms with Crippen molar-refractivity contribution in [3.8, 4) is 0 Å². The number of carbonyl (C=O) groups is 2. The van der Waals surface area contributed by atoms with Crippen molar-refractivity contribution in [2.24, 2.45) is 0 Å². The Kier molecular flexibility index (Phi) is 9.69. The fraction of sp³-hybridized carbons (Fsp3) is 0.833. The summed E-state index contributed by atoms with van der Waals surface area (Å²) in [5.41, 5.74) is 0. The topological polar surface area (TPSA) is 67.4 Å². The van der Waals surface area contributed by atoms with Crippen LogP contribution in [0.15, 0.2) is 0 Å². The maximum Gasteiger partial charge on any atom is 0.307 e. The van der Waals surface area contributed by atoms with Crippen molar-refractivity contribution < 1.29 is 14.3 Å². The zero-order chi connectivity index (χ0) is 12.5. The molecule has 0 bridgehead atoms. The summed E-state index contributed by atoms with van der Waals surface area (Å²) in [6.45, 7) is 3.59. The van der Waals surface area contributed by atoms with Crippen molar-refractivity contribution in [3.63, 3.8) is 0 Å². The molecule has 106 valence electrons. The molecule has 0 aromatic rings. The molecule has 18 heavy (non-hydrogen) atoms. The van der Waals surface area contributed by atoms with Crippen LogP contribution in [0.25, 0.3) is 0 Å². The molecule has 1 amide bonds. The van der Waals surface area contributed by atoms with Crippen LogP contribution in [0.3, 0.4) is 0 Å². The quantitative estimate of drug-likeness (QED) is 0.682. The van der Waals surface area contributed by atoms with E-state index in [1.54, 1.807) is 6.92 Å². The van der Waals surface area contributed by atoms with Gasteiger partial charge in [0.15, 0.2) is 0 Å². The molecule has 0 aliphatic carbocycles. The molecule has 1 unspecified atom stereocenters. The van der Waals surface area contributed by atoms with Gasteiger partial charge < -0.3 is 15.4 Å². The van der Waals surface area contributed by atoms with Crippen LogP contribution in [0.5, 0.6) is 0 Å². The first kappa shape index (κ1) is 17.2. The summed E-state index contributed by atoms with van der Waals surface area (Å²) in [6, 6.07) is 0.491. The Labute approximate surface area is 114 Å². The Morgan fingerprint density at radius 2 is 2.17 bits per heavy atom. The second kappa shape index (κ2) is 10.1. The summed E-state index contributed by atoms with van der Waals surface area (Å²) < 4.78 is 4.76. The number of hydrogen-bond acceptors (Lipinski definition) is 4. The normalized spacial score (nSPS) is 17.9. The van der Waals surface area contributed by atoms with Gasteiger partial charge in [-0.25, -0.2) is 0 Å². The van der Waals surface area contributed by atoms with E-state index >= 15 is 0 Å². The van der Waals surface area contributed by atoms with Crippen molar-refractivity contribution in [3.05, 3.63) is 0 Å². The minimum absolute atomic E-state index is 0. The van der Waals surface area contributed by atoms with Crippen molar-refractivity contribution in [1.82, 2.24) is 10.6 Å². The number of hydrogen-bond donors (Lipinski definition) is 2. The van der Waals surface area contributed by atoms with Crippen molar-refractivity contribution >= 4 is 24.3 Å². The highest BCUT2D eigenvalue weighted by Gasteiger charge is 2.15. The van der Waals surface area contributed by atoms with Crippen molar-refractivity contribution in [1.29, 1.82) is 0 Å². The molecule has 1 heterocycles. The zero-order valence-corrected chi connectivity index (χ0v) is 11.7. The summed E-state index contributed by atoms with van der Waals surface area (Å²) in [5.74, 6) is -0.242. The first-order chi connectivity index (χ1) is 8.22. The number of rotatable bonds is 7. The van der Waals surface area contributed by atoms with Crippen LogP contribution in [-0.4, -0.2) is 37.6 Å². The lowest BCUT2D eigenvalue weighted by Crippen LogP contribution is -2.29. The number of nitrogens with one attached hydrogen (secondary N) is 2. The Hall–Kier alpha value is -0.810. The van der Waals surface area contributed by atoms with Crippen LogP contribution in [0, 0.1) is 0 Å². The number of amides is 1. The van der Waals surface area contributed by atoms with Crippen LogP contribution < -0.4 is 10.6 Å². The van der Waals surface area contributed by atoms with E-state index in [0.29, 0.717) is 25.6 Å². The van der Waals surface area contributed by atoms with Gasteiger partial charge in [0.25, 0.3) is 0 Å². The largest absolute Gasteiger partial charge is 0.466 e. The summed E-state index contributed by atoms with van der Waals surface area (Å²) in [4.78, 5) is 22.5. The Morgan fingerprint density at radius 3 is 2.78 bits per heavy atom. The molecule has 0 saturated carbocycles. The molecule has 1 atom stereocenters. The summed E-state index contributed by atoms with van der Waals surface area (Å²) in [6.07, 6.45) is 4.03. The minimum Gasteiger partial charge on any atom is -0.466 e. The van der Waals surface area contributed by atoms with E-state index in [2.05, 4.69) is 10.6 Å². The van der Waals surface area contributed by atoms with Gasteiger partial charge in [-0.15, -0.1) is 12.4 Å². The maximum atomic E-state index is 11.4. The molecule has 1 fully saturated rings. The van der Waals surface area contributed by atoms with Crippen molar-refractivity contribution in [2.45, 2.75) is 45.1 Å². The monoisotopic (exact) mass is 278 g/mol. The molecule has 1 aliphatic rings. The molecule has 2 N–H and O–H groups in total. The second-order valence-corrected chi connectivity index (χ2v) is 4.24. The van der Waals surface area contributed by atoms with Crippen LogP contribution in [0.4, 0.5) is 0 Å². The van der Waals surface area contributed by atoms with Gasteiger partial charge in [0, 0.05) is 19.0 Å². The van der Waals surface area contributed by atoms with Crippen LogP contribution >= 0.6 is 12.4 Å². The standard InChI is InChI=1S/C12H22N2O3.ClH/c1-2-17-12(16)7-9-14-11(15)6-5-10-4-3-8-13-10;/h10,13H,2-9H2,1H3,(H,14,15);1H. The lowest BCUT2D eigenvalue weighted by atomic mass is 10.1. The Balaban J connectivity index is 0.00000289. The van der Waals surface area contributed by atoms with E-state index in [1.165, 1.54) is 6.42 Å². The summed E-state index contributed by atoms with van der Waals surface area (Å²) in [7, 11) is 0. The highest BCUT2D eigenvalue weighted by Crippen LogP contribution is 2.10. The number of esters is 1. The van der Waals surface area contributed by atoms with E-state index < -0.39 is 0 Å². The van der Waals surface area contributed by atoms with E-state index in [1.807, 2.05) is 0 Å². The third kappa shape index (κ3) is 7.50. The number of carbonyl (C=O) groups excluding carboxylic acids is 2. The highest BCUT2D eigenvalue weighted by atomic mass is 35.5. The predicted octanol–water partition coefficient (Wildman–Crippen LogP) is 1.01. The number of halogens is 1.